The van der Waals surface area contributed by atoms with E-state index in [1.807, 2.05) is 0 Å². The zero-order valence-corrected chi connectivity index (χ0v) is 31.3. The van der Waals surface area contributed by atoms with E-state index < -0.39 is 6.04 Å². The van der Waals surface area contributed by atoms with E-state index in [0.29, 0.717) is 32.4 Å². The number of aliphatic imine (C=N–C) groups is 1. The number of allylic oxidation sites excluding steroid dienone is 2. The minimum absolute atomic E-state index is 0.0406. The van der Waals surface area contributed by atoms with Gasteiger partial charge in [0.05, 0.1) is 0 Å². The van der Waals surface area contributed by atoms with Crippen LogP contribution in [0.2, 0.25) is 0 Å². The molecule has 276 valence electrons. The summed E-state index contributed by atoms with van der Waals surface area (Å²) in [6, 6.07) is -0.536. The van der Waals surface area contributed by atoms with Crippen LogP contribution in [0, 0.1) is 0 Å². The second kappa shape index (κ2) is 36.8. The molecule has 0 heterocycles. The van der Waals surface area contributed by atoms with Crippen molar-refractivity contribution in [3.05, 3.63) is 12.2 Å². The average molecular weight is 662 g/mol. The Hall–Kier alpha value is -2.05. The lowest BCUT2D eigenvalue weighted by Gasteiger charge is -2.18. The van der Waals surface area contributed by atoms with Crippen LogP contribution in [-0.2, 0) is 9.59 Å². The molecule has 0 unspecified atom stereocenters. The number of nitrogens with zero attached hydrogens (tertiary/aromatic N) is 1. The van der Waals surface area contributed by atoms with E-state index in [0.717, 1.165) is 38.5 Å². The van der Waals surface area contributed by atoms with Gasteiger partial charge in [-0.15, -0.1) is 0 Å². The van der Waals surface area contributed by atoms with Gasteiger partial charge in [-0.25, -0.2) is 0 Å². The molecule has 0 aliphatic heterocycles. The Bertz CT molecular complexity index is 751. The van der Waals surface area contributed by atoms with E-state index in [2.05, 4.69) is 41.6 Å². The standard InChI is InChI=1S/C40H79N5O2/c1-3-5-7-9-11-13-15-17-19-20-22-24-26-28-30-34-38(46)45-37(33-32-36-44-40(41)42)39(47)43-35-31-29-27-25-23-21-18-16-14-12-10-8-6-4-2/h17,19,37H,3-16,18,20-36H2,1-2H3,(H,43,47)(H,45,46)(H4,41,42,44)/b19-17-/t37-/m0/s1. The fourth-order valence-electron chi connectivity index (χ4n) is 6.05. The molecule has 0 aromatic rings. The summed E-state index contributed by atoms with van der Waals surface area (Å²) in [7, 11) is 0. The lowest BCUT2D eigenvalue weighted by Crippen LogP contribution is -2.47. The number of hydrogen-bond acceptors (Lipinski definition) is 3. The van der Waals surface area contributed by atoms with Crippen molar-refractivity contribution in [2.45, 2.75) is 213 Å². The molecule has 6 N–H and O–H groups in total. The zero-order chi connectivity index (χ0) is 34.5. The molecule has 1 atom stereocenters. The van der Waals surface area contributed by atoms with Gasteiger partial charge in [0.1, 0.15) is 6.04 Å². The number of nitrogens with two attached hydrogens (primary N) is 2. The number of carbonyl (C=O) groups excluding carboxylic acids is 2. The third kappa shape index (κ3) is 35.1. The van der Waals surface area contributed by atoms with Crippen molar-refractivity contribution in [2.24, 2.45) is 16.5 Å². The monoisotopic (exact) mass is 662 g/mol. The van der Waals surface area contributed by atoms with Gasteiger partial charge in [0.15, 0.2) is 5.96 Å². The SMILES string of the molecule is CCCCCCCC/C=C\CCCCCCCC(=O)N[C@@H](CCCN=C(N)N)C(=O)NCCCCCCCCCCCCCCCC. The quantitative estimate of drug-likeness (QED) is 0.0231. The molecule has 0 saturated carbocycles. The summed E-state index contributed by atoms with van der Waals surface area (Å²) < 4.78 is 0. The Morgan fingerprint density at radius 1 is 0.574 bits per heavy atom. The minimum Gasteiger partial charge on any atom is -0.370 e. The number of nitrogens with one attached hydrogen (secondary N) is 2. The third-order valence-electron chi connectivity index (χ3n) is 9.09. The van der Waals surface area contributed by atoms with Crippen LogP contribution >= 0.6 is 0 Å². The molecule has 2 amide bonds. The van der Waals surface area contributed by atoms with Gasteiger partial charge in [-0.05, 0) is 51.4 Å². The molecule has 0 fully saturated rings. The maximum Gasteiger partial charge on any atom is 0.242 e. The van der Waals surface area contributed by atoms with Crippen LogP contribution in [0.4, 0.5) is 0 Å². The van der Waals surface area contributed by atoms with Gasteiger partial charge in [-0.3, -0.25) is 14.6 Å². The first-order valence-electron chi connectivity index (χ1n) is 20.3. The minimum atomic E-state index is -0.536. The smallest absolute Gasteiger partial charge is 0.242 e. The van der Waals surface area contributed by atoms with Gasteiger partial charge in [-0.2, -0.15) is 0 Å². The van der Waals surface area contributed by atoms with Crippen LogP contribution in [0.1, 0.15) is 206 Å². The van der Waals surface area contributed by atoms with Gasteiger partial charge in [0.25, 0.3) is 0 Å². The Kier molecular flexibility index (Phi) is 35.2. The second-order valence-corrected chi connectivity index (χ2v) is 13.8. The Labute approximate surface area is 291 Å². The molecule has 0 saturated heterocycles. The largest absolute Gasteiger partial charge is 0.370 e. The summed E-state index contributed by atoms with van der Waals surface area (Å²) in [5.74, 6) is -0.0829. The molecule has 0 rings (SSSR count). The summed E-state index contributed by atoms with van der Waals surface area (Å²) in [6.45, 7) is 5.65. The summed E-state index contributed by atoms with van der Waals surface area (Å²) in [4.78, 5) is 29.6. The van der Waals surface area contributed by atoms with Gasteiger partial charge < -0.3 is 22.1 Å². The fraction of sp³-hybridized carbons (Fsp3) is 0.875. The van der Waals surface area contributed by atoms with E-state index in [-0.39, 0.29) is 17.8 Å². The van der Waals surface area contributed by atoms with Crippen molar-refractivity contribution < 1.29 is 9.59 Å². The van der Waals surface area contributed by atoms with Gasteiger partial charge >= 0.3 is 0 Å². The highest BCUT2D eigenvalue weighted by Crippen LogP contribution is 2.13. The highest BCUT2D eigenvalue weighted by atomic mass is 16.2. The second-order valence-electron chi connectivity index (χ2n) is 13.8. The average Bonchev–Trinajstić information content (AvgIpc) is 3.05. The zero-order valence-electron chi connectivity index (χ0n) is 31.3. The molecule has 0 aromatic heterocycles. The highest BCUT2D eigenvalue weighted by molar-refractivity contribution is 5.87. The summed E-state index contributed by atoms with van der Waals surface area (Å²) in [6.07, 6.45) is 40.7. The Morgan fingerprint density at radius 3 is 1.47 bits per heavy atom. The molecule has 0 radical (unpaired) electrons. The topological polar surface area (TPSA) is 123 Å². The van der Waals surface area contributed by atoms with E-state index in [9.17, 15) is 9.59 Å². The van der Waals surface area contributed by atoms with Crippen LogP contribution in [0.3, 0.4) is 0 Å². The molecular formula is C40H79N5O2. The van der Waals surface area contributed by atoms with Gasteiger partial charge in [0, 0.05) is 19.5 Å². The number of carbonyl (C=O) groups is 2. The van der Waals surface area contributed by atoms with Crippen molar-refractivity contribution in [3.63, 3.8) is 0 Å². The normalized spacial score (nSPS) is 12.0. The van der Waals surface area contributed by atoms with Crippen molar-refractivity contribution in [1.82, 2.24) is 10.6 Å². The van der Waals surface area contributed by atoms with Crippen LogP contribution in [-0.4, -0.2) is 36.9 Å². The number of unbranched alkanes of at least 4 members (excludes halogenated alkanes) is 24. The number of amides is 2. The van der Waals surface area contributed by atoms with E-state index in [1.54, 1.807) is 0 Å². The first-order valence-corrected chi connectivity index (χ1v) is 20.3. The maximum atomic E-state index is 12.9. The molecule has 0 bridgehead atoms. The third-order valence-corrected chi connectivity index (χ3v) is 9.09. The van der Waals surface area contributed by atoms with Crippen LogP contribution in [0.15, 0.2) is 17.1 Å². The van der Waals surface area contributed by atoms with Crippen molar-refractivity contribution in [2.75, 3.05) is 13.1 Å². The first kappa shape index (κ1) is 45.0. The van der Waals surface area contributed by atoms with Crippen LogP contribution < -0.4 is 22.1 Å². The predicted octanol–water partition coefficient (Wildman–Crippen LogP) is 10.2. The molecule has 0 aliphatic carbocycles. The van der Waals surface area contributed by atoms with Gasteiger partial charge in [0.2, 0.25) is 11.8 Å². The number of guanidine groups is 1. The lowest BCUT2D eigenvalue weighted by atomic mass is 10.0. The highest BCUT2D eigenvalue weighted by Gasteiger charge is 2.19. The van der Waals surface area contributed by atoms with E-state index in [1.165, 1.54) is 135 Å². The molecule has 47 heavy (non-hydrogen) atoms. The summed E-state index contributed by atoms with van der Waals surface area (Å²) >= 11 is 0. The van der Waals surface area contributed by atoms with Crippen molar-refractivity contribution >= 4 is 17.8 Å². The molecule has 7 heteroatoms. The summed E-state index contributed by atoms with van der Waals surface area (Å²) in [5.41, 5.74) is 10.9. The van der Waals surface area contributed by atoms with Gasteiger partial charge in [-0.1, -0.05) is 161 Å². The molecule has 0 aliphatic rings. The van der Waals surface area contributed by atoms with Crippen LogP contribution in [0.5, 0.6) is 0 Å². The van der Waals surface area contributed by atoms with E-state index >= 15 is 0 Å². The summed E-state index contributed by atoms with van der Waals surface area (Å²) in [5, 5.41) is 6.04. The van der Waals surface area contributed by atoms with Crippen molar-refractivity contribution in [1.29, 1.82) is 0 Å². The predicted molar refractivity (Wildman–Crippen MR) is 205 cm³/mol. The lowest BCUT2D eigenvalue weighted by molar-refractivity contribution is -0.129. The number of rotatable bonds is 36. The Balaban J connectivity index is 4.01. The maximum absolute atomic E-state index is 12.9. The Morgan fingerprint density at radius 2 is 1.00 bits per heavy atom. The van der Waals surface area contributed by atoms with E-state index in [4.69, 9.17) is 11.5 Å². The molecule has 0 spiro atoms. The molecule has 0 aromatic carbocycles. The van der Waals surface area contributed by atoms with Crippen molar-refractivity contribution in [3.8, 4) is 0 Å². The first-order chi connectivity index (χ1) is 23.0. The fourth-order valence-corrected chi connectivity index (χ4v) is 6.05. The van der Waals surface area contributed by atoms with Crippen LogP contribution in [0.25, 0.3) is 0 Å². The molecule has 7 nitrogen and oxygen atoms in total. The number of hydrogen-bond donors (Lipinski definition) is 4. The molecular weight excluding hydrogens is 582 g/mol.